The first-order valence-electron chi connectivity index (χ1n) is 8.64. The topological polar surface area (TPSA) is 153 Å². The van der Waals surface area contributed by atoms with Crippen LogP contribution in [0.3, 0.4) is 0 Å². The normalized spacial score (nSPS) is 10.9. The highest BCUT2D eigenvalue weighted by atomic mass is 35.5. The van der Waals surface area contributed by atoms with Crippen molar-refractivity contribution in [3.8, 4) is 0 Å². The molecule has 2 aromatic rings. The van der Waals surface area contributed by atoms with Crippen molar-refractivity contribution in [2.75, 3.05) is 32.5 Å². The summed E-state index contributed by atoms with van der Waals surface area (Å²) in [7, 11) is 6.74. The molecule has 164 valence electrons. The number of nitro groups is 1. The summed E-state index contributed by atoms with van der Waals surface area (Å²) in [6.07, 6.45) is 2.83. The van der Waals surface area contributed by atoms with E-state index in [4.69, 9.17) is 5.73 Å². The Labute approximate surface area is 179 Å². The summed E-state index contributed by atoms with van der Waals surface area (Å²) in [5.74, 6) is -0.489. The Morgan fingerprint density at radius 3 is 2.33 bits per heavy atom. The maximum Gasteiger partial charge on any atom is 0.287 e. The van der Waals surface area contributed by atoms with Gasteiger partial charge in [0.05, 0.1) is 23.4 Å². The molecule has 0 aliphatic carbocycles. The zero-order chi connectivity index (χ0) is 21.7. The first kappa shape index (κ1) is 24.5. The number of nitrogens with zero attached hydrogens (tertiary/aromatic N) is 5. The summed E-state index contributed by atoms with van der Waals surface area (Å²) < 4.78 is 2.93. The number of halogens is 1. The van der Waals surface area contributed by atoms with Gasteiger partial charge in [0.2, 0.25) is 0 Å². The minimum absolute atomic E-state index is 0. The van der Waals surface area contributed by atoms with Gasteiger partial charge >= 0.3 is 0 Å². The number of aryl methyl sites for hydroxylation is 2. The lowest BCUT2D eigenvalue weighted by atomic mass is 10.3. The Balaban J connectivity index is 0.00000450. The van der Waals surface area contributed by atoms with Gasteiger partial charge in [-0.1, -0.05) is 0 Å². The quantitative estimate of drug-likeness (QED) is 0.188. The van der Waals surface area contributed by atoms with E-state index in [2.05, 4.69) is 15.6 Å². The summed E-state index contributed by atoms with van der Waals surface area (Å²) in [5, 5.41) is 16.2. The number of hydrogen-bond acceptors (Lipinski definition) is 5. The van der Waals surface area contributed by atoms with Gasteiger partial charge in [0.25, 0.3) is 17.5 Å². The van der Waals surface area contributed by atoms with Crippen molar-refractivity contribution in [2.24, 2.45) is 24.8 Å². The maximum absolute atomic E-state index is 12.4. The molecule has 30 heavy (non-hydrogen) atoms. The fourth-order valence-electron chi connectivity index (χ4n) is 2.50. The highest BCUT2D eigenvalue weighted by Gasteiger charge is 2.19. The summed E-state index contributed by atoms with van der Waals surface area (Å²) in [5.41, 5.74) is 6.35. The van der Waals surface area contributed by atoms with E-state index in [0.29, 0.717) is 30.4 Å². The van der Waals surface area contributed by atoms with E-state index in [1.807, 2.05) is 0 Å². The zero-order valence-electron chi connectivity index (χ0n) is 17.1. The standard InChI is InChI=1S/C17H24N8O4.ClH/c1-22(2)17(18)20-6-5-19-15(26)13-7-11(9-23(13)3)21-16(27)14-8-12(25(28)29)10-24(14)4;/h7-10H,5-6H2,1-4H3,(H2,18,20)(H,19,26)(H,21,27);1H. The monoisotopic (exact) mass is 440 g/mol. The molecule has 0 aliphatic heterocycles. The van der Waals surface area contributed by atoms with Crippen LogP contribution in [0.25, 0.3) is 0 Å². The molecule has 0 aliphatic rings. The minimum atomic E-state index is -0.571. The highest BCUT2D eigenvalue weighted by Crippen LogP contribution is 2.18. The van der Waals surface area contributed by atoms with Gasteiger partial charge in [-0.15, -0.1) is 12.4 Å². The first-order valence-corrected chi connectivity index (χ1v) is 8.64. The van der Waals surface area contributed by atoms with Crippen LogP contribution in [-0.4, -0.2) is 63.9 Å². The molecule has 0 fully saturated rings. The first-order chi connectivity index (χ1) is 13.6. The van der Waals surface area contributed by atoms with E-state index in [1.54, 1.807) is 36.8 Å². The van der Waals surface area contributed by atoms with Crippen LogP contribution in [0, 0.1) is 10.1 Å². The van der Waals surface area contributed by atoms with E-state index in [-0.39, 0.29) is 29.7 Å². The van der Waals surface area contributed by atoms with E-state index >= 15 is 0 Å². The van der Waals surface area contributed by atoms with Gasteiger partial charge in [0.1, 0.15) is 11.4 Å². The van der Waals surface area contributed by atoms with E-state index in [1.165, 1.54) is 29.9 Å². The van der Waals surface area contributed by atoms with Gasteiger partial charge in [-0.3, -0.25) is 24.7 Å². The van der Waals surface area contributed by atoms with Gasteiger partial charge in [-0.05, 0) is 6.07 Å². The third-order valence-corrected chi connectivity index (χ3v) is 4.06. The Morgan fingerprint density at radius 2 is 1.77 bits per heavy atom. The van der Waals surface area contributed by atoms with Crippen LogP contribution in [0.4, 0.5) is 11.4 Å². The zero-order valence-corrected chi connectivity index (χ0v) is 17.9. The van der Waals surface area contributed by atoms with Gasteiger partial charge in [0, 0.05) is 47.0 Å². The maximum atomic E-state index is 12.4. The summed E-state index contributed by atoms with van der Waals surface area (Å²) in [6, 6.07) is 2.70. The Kier molecular flexibility index (Phi) is 8.41. The summed E-state index contributed by atoms with van der Waals surface area (Å²) in [4.78, 5) is 40.8. The van der Waals surface area contributed by atoms with Gasteiger partial charge < -0.3 is 30.4 Å². The number of rotatable bonds is 7. The van der Waals surface area contributed by atoms with Crippen LogP contribution in [-0.2, 0) is 14.1 Å². The molecule has 0 atom stereocenters. The molecule has 0 radical (unpaired) electrons. The second-order valence-corrected chi connectivity index (χ2v) is 6.52. The number of anilines is 1. The van der Waals surface area contributed by atoms with Crippen LogP contribution in [0.2, 0.25) is 0 Å². The highest BCUT2D eigenvalue weighted by molar-refractivity contribution is 6.04. The molecule has 0 saturated carbocycles. The van der Waals surface area contributed by atoms with Crippen LogP contribution in [0.1, 0.15) is 21.0 Å². The molecule has 0 bridgehead atoms. The Bertz CT molecular complexity index is 963. The molecule has 13 heteroatoms. The molecular weight excluding hydrogens is 416 g/mol. The van der Waals surface area contributed by atoms with Crippen molar-refractivity contribution in [1.29, 1.82) is 0 Å². The summed E-state index contributed by atoms with van der Waals surface area (Å²) in [6.45, 7) is 0.628. The predicted octanol–water partition coefficient (Wildman–Crippen LogP) is 0.552. The Hall–Kier alpha value is -3.54. The lowest BCUT2D eigenvalue weighted by molar-refractivity contribution is -0.384. The molecule has 12 nitrogen and oxygen atoms in total. The van der Waals surface area contributed by atoms with Crippen LogP contribution >= 0.6 is 12.4 Å². The molecule has 2 heterocycles. The summed E-state index contributed by atoms with van der Waals surface area (Å²) >= 11 is 0. The van der Waals surface area contributed by atoms with E-state index in [0.717, 1.165) is 0 Å². The number of carbonyl (C=O) groups is 2. The molecule has 2 aromatic heterocycles. The second kappa shape index (κ2) is 10.3. The SMILES string of the molecule is CN(C)C(N)=NCCNC(=O)c1cc(NC(=O)c2cc([N+](=O)[O-])cn2C)cn1C.Cl. The third-order valence-electron chi connectivity index (χ3n) is 4.06. The van der Waals surface area contributed by atoms with Gasteiger partial charge in [0.15, 0.2) is 5.96 Å². The van der Waals surface area contributed by atoms with E-state index in [9.17, 15) is 19.7 Å². The lowest BCUT2D eigenvalue weighted by Crippen LogP contribution is -2.32. The average molecular weight is 441 g/mol. The number of hydrogen-bond donors (Lipinski definition) is 3. The van der Waals surface area contributed by atoms with Crippen molar-refractivity contribution < 1.29 is 14.5 Å². The fourth-order valence-corrected chi connectivity index (χ4v) is 2.50. The third kappa shape index (κ3) is 5.98. The fraction of sp³-hybridized carbons (Fsp3) is 0.353. The van der Waals surface area contributed by atoms with Crippen LogP contribution < -0.4 is 16.4 Å². The van der Waals surface area contributed by atoms with Gasteiger partial charge in [-0.2, -0.15) is 0 Å². The molecule has 2 rings (SSSR count). The van der Waals surface area contributed by atoms with Crippen LogP contribution in [0.15, 0.2) is 29.5 Å². The number of guanidine groups is 1. The number of aromatic nitrogens is 2. The molecule has 2 amide bonds. The number of nitrogens with two attached hydrogens (primary N) is 1. The van der Waals surface area contributed by atoms with Crippen molar-refractivity contribution in [1.82, 2.24) is 19.4 Å². The Morgan fingerprint density at radius 1 is 1.17 bits per heavy atom. The molecule has 0 spiro atoms. The minimum Gasteiger partial charge on any atom is -0.370 e. The van der Waals surface area contributed by atoms with Crippen LogP contribution in [0.5, 0.6) is 0 Å². The van der Waals surface area contributed by atoms with Crippen molar-refractivity contribution in [3.05, 3.63) is 46.0 Å². The molecule has 0 aromatic carbocycles. The number of carbonyl (C=O) groups excluding carboxylic acids is 2. The predicted molar refractivity (Wildman–Crippen MR) is 115 cm³/mol. The molecule has 4 N–H and O–H groups in total. The second-order valence-electron chi connectivity index (χ2n) is 6.52. The van der Waals surface area contributed by atoms with E-state index < -0.39 is 10.8 Å². The molecule has 0 unspecified atom stereocenters. The average Bonchev–Trinajstić information content (AvgIpc) is 3.21. The van der Waals surface area contributed by atoms with Crippen molar-refractivity contribution >= 4 is 41.6 Å². The number of aliphatic imine (C=N–C) groups is 1. The largest absolute Gasteiger partial charge is 0.370 e. The van der Waals surface area contributed by atoms with Crippen molar-refractivity contribution in [2.45, 2.75) is 0 Å². The molecule has 0 saturated heterocycles. The molecular formula is C17H25ClN8O4. The smallest absolute Gasteiger partial charge is 0.287 e. The lowest BCUT2D eigenvalue weighted by Gasteiger charge is -2.10. The van der Waals surface area contributed by atoms with Gasteiger partial charge in [-0.25, -0.2) is 0 Å². The van der Waals surface area contributed by atoms with Crippen molar-refractivity contribution in [3.63, 3.8) is 0 Å². The number of amides is 2. The number of nitrogens with one attached hydrogen (secondary N) is 2.